The van der Waals surface area contributed by atoms with Gasteiger partial charge in [0.2, 0.25) is 0 Å². The molecular weight excluding hydrogens is 218 g/mol. The molecule has 92 valence electrons. The van der Waals surface area contributed by atoms with Gasteiger partial charge in [-0.05, 0) is 43.7 Å². The van der Waals surface area contributed by atoms with Gasteiger partial charge in [-0.15, -0.1) is 0 Å². The van der Waals surface area contributed by atoms with Crippen LogP contribution >= 0.6 is 0 Å². The first-order valence-corrected chi connectivity index (χ1v) is 5.82. The summed E-state index contributed by atoms with van der Waals surface area (Å²) in [5.41, 5.74) is 1.97. The van der Waals surface area contributed by atoms with Gasteiger partial charge in [-0.1, -0.05) is 6.07 Å². The number of hydrogen-bond acceptors (Lipinski definition) is 4. The molecule has 1 heterocycles. The summed E-state index contributed by atoms with van der Waals surface area (Å²) < 4.78 is 5.10. The first-order chi connectivity index (χ1) is 8.13. The Balaban J connectivity index is 2.36. The lowest BCUT2D eigenvalue weighted by Gasteiger charge is -2.32. The molecule has 0 saturated heterocycles. The summed E-state index contributed by atoms with van der Waals surface area (Å²) in [7, 11) is 1.91. The van der Waals surface area contributed by atoms with Crippen molar-refractivity contribution in [2.45, 2.75) is 19.4 Å². The molecule has 0 radical (unpaired) electrons. The second kappa shape index (κ2) is 4.75. The molecule has 0 bridgehead atoms. The van der Waals surface area contributed by atoms with Crippen LogP contribution < -0.4 is 0 Å². The molecule has 1 unspecified atom stereocenters. The summed E-state index contributed by atoms with van der Waals surface area (Å²) >= 11 is 0. The maximum absolute atomic E-state index is 11.9. The van der Waals surface area contributed by atoms with E-state index >= 15 is 0 Å². The second-order valence-electron chi connectivity index (χ2n) is 4.27. The highest BCUT2D eigenvalue weighted by atomic mass is 16.5. The maximum Gasteiger partial charge on any atom is 0.327 e. The number of rotatable bonds is 2. The van der Waals surface area contributed by atoms with Gasteiger partial charge in [0, 0.05) is 6.54 Å². The molecule has 0 saturated carbocycles. The molecule has 0 amide bonds. The molecule has 17 heavy (non-hydrogen) atoms. The Kier molecular flexibility index (Phi) is 3.33. The van der Waals surface area contributed by atoms with Crippen LogP contribution in [0.25, 0.3) is 0 Å². The molecule has 1 aromatic rings. The molecule has 1 N–H and O–H groups in total. The van der Waals surface area contributed by atoms with Crippen LogP contribution in [0.3, 0.4) is 0 Å². The third-order valence-electron chi connectivity index (χ3n) is 3.11. The molecule has 4 heteroatoms. The number of carbonyl (C=O) groups excluding carboxylic acids is 1. The van der Waals surface area contributed by atoms with Gasteiger partial charge in [0.1, 0.15) is 11.8 Å². The highest BCUT2D eigenvalue weighted by Gasteiger charge is 2.31. The fourth-order valence-corrected chi connectivity index (χ4v) is 2.27. The van der Waals surface area contributed by atoms with Crippen molar-refractivity contribution in [2.24, 2.45) is 0 Å². The lowest BCUT2D eigenvalue weighted by Crippen LogP contribution is -2.37. The summed E-state index contributed by atoms with van der Waals surface area (Å²) in [6.07, 6.45) is 0.843. The van der Waals surface area contributed by atoms with Gasteiger partial charge in [-0.25, -0.2) is 4.79 Å². The summed E-state index contributed by atoms with van der Waals surface area (Å²) in [6.45, 7) is 2.98. The topological polar surface area (TPSA) is 49.8 Å². The van der Waals surface area contributed by atoms with Crippen molar-refractivity contribution in [1.29, 1.82) is 0 Å². The quantitative estimate of drug-likeness (QED) is 0.789. The summed E-state index contributed by atoms with van der Waals surface area (Å²) in [4.78, 5) is 13.9. The smallest absolute Gasteiger partial charge is 0.327 e. The van der Waals surface area contributed by atoms with E-state index in [1.165, 1.54) is 0 Å². The standard InChI is InChI=1S/C13H17NO3/c1-3-17-13(16)12-11-5-4-10(15)8-9(11)6-7-14(12)2/h4-5,8,12,15H,3,6-7H2,1-2H3. The van der Waals surface area contributed by atoms with Crippen LogP contribution in [0.1, 0.15) is 24.1 Å². The van der Waals surface area contributed by atoms with Gasteiger partial charge < -0.3 is 9.84 Å². The van der Waals surface area contributed by atoms with Crippen molar-refractivity contribution in [3.63, 3.8) is 0 Å². The van der Waals surface area contributed by atoms with Crippen molar-refractivity contribution < 1.29 is 14.6 Å². The van der Waals surface area contributed by atoms with E-state index < -0.39 is 0 Å². The molecule has 4 nitrogen and oxygen atoms in total. The number of fused-ring (bicyclic) bond motifs is 1. The largest absolute Gasteiger partial charge is 0.508 e. The van der Waals surface area contributed by atoms with Gasteiger partial charge in [-0.3, -0.25) is 4.90 Å². The third kappa shape index (κ3) is 2.26. The zero-order valence-corrected chi connectivity index (χ0v) is 10.1. The van der Waals surface area contributed by atoms with E-state index in [9.17, 15) is 9.90 Å². The number of ether oxygens (including phenoxy) is 1. The summed E-state index contributed by atoms with van der Waals surface area (Å²) in [6, 6.07) is 4.81. The molecule has 1 aromatic carbocycles. The van der Waals surface area contributed by atoms with Gasteiger partial charge in [0.05, 0.1) is 6.61 Å². The molecule has 2 rings (SSSR count). The van der Waals surface area contributed by atoms with Crippen molar-refractivity contribution in [2.75, 3.05) is 20.2 Å². The molecule has 0 aromatic heterocycles. The van der Waals surface area contributed by atoms with E-state index in [-0.39, 0.29) is 17.8 Å². The second-order valence-corrected chi connectivity index (χ2v) is 4.27. The number of benzene rings is 1. The van der Waals surface area contributed by atoms with Crippen molar-refractivity contribution in [1.82, 2.24) is 4.90 Å². The Bertz CT molecular complexity index is 431. The normalized spacial score (nSPS) is 19.8. The lowest BCUT2D eigenvalue weighted by molar-refractivity contribution is -0.149. The maximum atomic E-state index is 11.9. The molecule has 0 aliphatic carbocycles. The number of aromatic hydroxyl groups is 1. The highest BCUT2D eigenvalue weighted by Crippen LogP contribution is 2.31. The molecule has 0 fully saturated rings. The first-order valence-electron chi connectivity index (χ1n) is 5.82. The third-order valence-corrected chi connectivity index (χ3v) is 3.11. The van der Waals surface area contributed by atoms with Crippen molar-refractivity contribution in [3.8, 4) is 5.75 Å². The number of phenolic OH excluding ortho intramolecular Hbond substituents is 1. The van der Waals surface area contributed by atoms with Crippen LogP contribution in [-0.2, 0) is 16.0 Å². The minimum absolute atomic E-state index is 0.221. The monoisotopic (exact) mass is 235 g/mol. The first kappa shape index (κ1) is 11.9. The minimum atomic E-state index is -0.348. The lowest BCUT2D eigenvalue weighted by atomic mass is 9.93. The average molecular weight is 235 g/mol. The van der Waals surface area contributed by atoms with Crippen molar-refractivity contribution >= 4 is 5.97 Å². The number of likely N-dealkylation sites (N-methyl/N-ethyl adjacent to an activating group) is 1. The Morgan fingerprint density at radius 3 is 3.06 bits per heavy atom. The van der Waals surface area contributed by atoms with Crippen molar-refractivity contribution in [3.05, 3.63) is 29.3 Å². The fraction of sp³-hybridized carbons (Fsp3) is 0.462. The van der Waals surface area contributed by atoms with Gasteiger partial charge >= 0.3 is 5.97 Å². The van der Waals surface area contributed by atoms with Gasteiger partial charge in [-0.2, -0.15) is 0 Å². The average Bonchev–Trinajstić information content (AvgIpc) is 2.29. The van der Waals surface area contributed by atoms with Gasteiger partial charge in [0.25, 0.3) is 0 Å². The van der Waals surface area contributed by atoms with E-state index in [0.29, 0.717) is 6.61 Å². The van der Waals surface area contributed by atoms with E-state index in [0.717, 1.165) is 24.1 Å². The van der Waals surface area contributed by atoms with E-state index in [1.54, 1.807) is 19.1 Å². The molecule has 1 aliphatic heterocycles. The van der Waals surface area contributed by atoms with E-state index in [1.807, 2.05) is 18.0 Å². The Hall–Kier alpha value is -1.55. The number of carbonyl (C=O) groups is 1. The molecule has 0 spiro atoms. The number of esters is 1. The zero-order chi connectivity index (χ0) is 12.4. The van der Waals surface area contributed by atoms with E-state index in [2.05, 4.69) is 0 Å². The van der Waals surface area contributed by atoms with Crippen LogP contribution in [0.4, 0.5) is 0 Å². The molecule has 1 aliphatic rings. The van der Waals surface area contributed by atoms with Crippen LogP contribution in [0, 0.1) is 0 Å². The zero-order valence-electron chi connectivity index (χ0n) is 10.1. The van der Waals surface area contributed by atoms with Crippen LogP contribution in [0.2, 0.25) is 0 Å². The summed E-state index contributed by atoms with van der Waals surface area (Å²) in [5, 5.41) is 9.45. The Morgan fingerprint density at radius 2 is 2.35 bits per heavy atom. The number of hydrogen-bond donors (Lipinski definition) is 1. The van der Waals surface area contributed by atoms with Crippen LogP contribution in [-0.4, -0.2) is 36.2 Å². The predicted molar refractivity (Wildman–Crippen MR) is 63.8 cm³/mol. The highest BCUT2D eigenvalue weighted by molar-refractivity contribution is 5.78. The number of phenols is 1. The fourth-order valence-electron chi connectivity index (χ4n) is 2.27. The van der Waals surface area contributed by atoms with Gasteiger partial charge in [0.15, 0.2) is 0 Å². The molecule has 1 atom stereocenters. The summed E-state index contributed by atoms with van der Waals surface area (Å²) in [5.74, 6) is 0.0255. The van der Waals surface area contributed by atoms with Crippen LogP contribution in [0.5, 0.6) is 5.75 Å². The minimum Gasteiger partial charge on any atom is -0.508 e. The number of nitrogens with zero attached hydrogens (tertiary/aromatic N) is 1. The Labute approximate surface area is 101 Å². The van der Waals surface area contributed by atoms with E-state index in [4.69, 9.17) is 4.74 Å². The SMILES string of the molecule is CCOC(=O)C1c2ccc(O)cc2CCN1C. The predicted octanol–water partition coefficient (Wildman–Crippen LogP) is 1.48. The Morgan fingerprint density at radius 1 is 1.59 bits per heavy atom. The van der Waals surface area contributed by atoms with Crippen LogP contribution in [0.15, 0.2) is 18.2 Å². The molecular formula is C13H17NO3.